The first kappa shape index (κ1) is 15.1. The number of phenols is 1. The van der Waals surface area contributed by atoms with E-state index in [-0.39, 0.29) is 23.4 Å². The van der Waals surface area contributed by atoms with Crippen LogP contribution in [-0.2, 0) is 4.79 Å². The number of hydrogen-bond acceptors (Lipinski definition) is 3. The molecule has 4 heteroatoms. The van der Waals surface area contributed by atoms with Gasteiger partial charge in [-0.1, -0.05) is 12.8 Å². The van der Waals surface area contributed by atoms with Crippen molar-refractivity contribution in [3.8, 4) is 5.75 Å². The predicted molar refractivity (Wildman–Crippen MR) is 83.7 cm³/mol. The minimum atomic E-state index is -0.00262. The molecule has 3 rings (SSSR count). The van der Waals surface area contributed by atoms with Crippen molar-refractivity contribution in [2.45, 2.75) is 38.5 Å². The van der Waals surface area contributed by atoms with Crippen LogP contribution in [0.4, 0.5) is 0 Å². The Balaban J connectivity index is 1.56. The van der Waals surface area contributed by atoms with Crippen molar-refractivity contribution in [1.82, 2.24) is 4.90 Å². The Labute approximate surface area is 131 Å². The summed E-state index contributed by atoms with van der Waals surface area (Å²) in [5, 5.41) is 9.29. The third-order valence-electron chi connectivity index (χ3n) is 5.03. The van der Waals surface area contributed by atoms with E-state index >= 15 is 0 Å². The van der Waals surface area contributed by atoms with Gasteiger partial charge in [0.2, 0.25) is 5.91 Å². The summed E-state index contributed by atoms with van der Waals surface area (Å²) in [6, 6.07) is 6.44. The van der Waals surface area contributed by atoms with Crippen LogP contribution in [0.3, 0.4) is 0 Å². The molecule has 0 radical (unpaired) electrons. The summed E-state index contributed by atoms with van der Waals surface area (Å²) in [6.07, 6.45) is 5.91. The van der Waals surface area contributed by atoms with Gasteiger partial charge in [0.25, 0.3) is 0 Å². The highest BCUT2D eigenvalue weighted by Gasteiger charge is 2.32. The van der Waals surface area contributed by atoms with Crippen LogP contribution in [0, 0.1) is 11.8 Å². The molecule has 1 aromatic carbocycles. The molecule has 1 heterocycles. The van der Waals surface area contributed by atoms with Crippen molar-refractivity contribution in [2.24, 2.45) is 11.8 Å². The molecule has 0 unspecified atom stereocenters. The number of benzene rings is 1. The number of piperidine rings is 1. The molecule has 0 bridgehead atoms. The predicted octanol–water partition coefficient (Wildman–Crippen LogP) is 3.00. The van der Waals surface area contributed by atoms with E-state index in [1.807, 2.05) is 4.90 Å². The number of Topliss-reactive ketones (excluding diaryl/α,β-unsaturated/α-hetero) is 1. The van der Waals surface area contributed by atoms with Crippen molar-refractivity contribution in [1.29, 1.82) is 0 Å². The smallest absolute Gasteiger partial charge is 0.225 e. The summed E-state index contributed by atoms with van der Waals surface area (Å²) in [5.41, 5.74) is 0.651. The number of ketones is 1. The molecule has 1 amide bonds. The van der Waals surface area contributed by atoms with E-state index in [1.165, 1.54) is 12.8 Å². The first-order valence-corrected chi connectivity index (χ1v) is 8.27. The lowest BCUT2D eigenvalue weighted by Crippen LogP contribution is -2.42. The molecule has 1 aromatic rings. The molecule has 0 spiro atoms. The second-order valence-electron chi connectivity index (χ2n) is 6.49. The van der Waals surface area contributed by atoms with Gasteiger partial charge in [0.1, 0.15) is 5.75 Å². The van der Waals surface area contributed by atoms with Crippen LogP contribution in [0.5, 0.6) is 5.75 Å². The zero-order valence-corrected chi connectivity index (χ0v) is 12.8. The Kier molecular flexibility index (Phi) is 4.46. The number of rotatable bonds is 3. The summed E-state index contributed by atoms with van der Waals surface area (Å²) in [7, 11) is 0. The summed E-state index contributed by atoms with van der Waals surface area (Å²) < 4.78 is 0. The Bertz CT molecular complexity index is 538. The second kappa shape index (κ2) is 6.51. The van der Waals surface area contributed by atoms with Crippen LogP contribution < -0.4 is 0 Å². The number of nitrogens with zero attached hydrogens (tertiary/aromatic N) is 1. The quantitative estimate of drug-likeness (QED) is 0.873. The molecule has 1 aliphatic heterocycles. The van der Waals surface area contributed by atoms with Crippen LogP contribution >= 0.6 is 0 Å². The highest BCUT2D eigenvalue weighted by Crippen LogP contribution is 2.29. The lowest BCUT2D eigenvalue weighted by molar-refractivity contribution is -0.136. The third-order valence-corrected chi connectivity index (χ3v) is 5.03. The van der Waals surface area contributed by atoms with Crippen LogP contribution in [0.15, 0.2) is 24.3 Å². The van der Waals surface area contributed by atoms with E-state index in [0.717, 1.165) is 25.7 Å². The van der Waals surface area contributed by atoms with Crippen LogP contribution in [-0.4, -0.2) is 34.8 Å². The molecule has 2 aliphatic rings. The maximum Gasteiger partial charge on any atom is 0.225 e. The highest BCUT2D eigenvalue weighted by molar-refractivity contribution is 5.98. The van der Waals surface area contributed by atoms with Crippen LogP contribution in [0.2, 0.25) is 0 Å². The van der Waals surface area contributed by atoms with Gasteiger partial charge in [-0.15, -0.1) is 0 Å². The summed E-state index contributed by atoms with van der Waals surface area (Å²) in [5.74, 6) is 0.830. The fourth-order valence-corrected chi connectivity index (χ4v) is 3.65. The topological polar surface area (TPSA) is 57.6 Å². The Hall–Kier alpha value is -1.84. The fraction of sp³-hybridized carbons (Fsp3) is 0.556. The average molecular weight is 301 g/mol. The van der Waals surface area contributed by atoms with Crippen molar-refractivity contribution in [3.05, 3.63) is 29.8 Å². The van der Waals surface area contributed by atoms with Gasteiger partial charge in [-0.05, 0) is 49.9 Å². The van der Waals surface area contributed by atoms with Gasteiger partial charge >= 0.3 is 0 Å². The molecule has 1 aliphatic carbocycles. The molecule has 118 valence electrons. The summed E-state index contributed by atoms with van der Waals surface area (Å²) in [6.45, 7) is 1.40. The van der Waals surface area contributed by atoms with Gasteiger partial charge in [-0.25, -0.2) is 0 Å². The number of hydrogen-bond donors (Lipinski definition) is 1. The third kappa shape index (κ3) is 3.16. The molecular formula is C18H23NO3. The monoisotopic (exact) mass is 301 g/mol. The number of carbonyl (C=O) groups excluding carboxylic acids is 2. The normalized spacial score (nSPS) is 20.3. The molecule has 2 fully saturated rings. The molecule has 1 N–H and O–H groups in total. The number of likely N-dealkylation sites (tertiary alicyclic amines) is 1. The molecular weight excluding hydrogens is 278 g/mol. The average Bonchev–Trinajstić information content (AvgIpc) is 3.09. The molecule has 0 aromatic heterocycles. The van der Waals surface area contributed by atoms with Gasteiger partial charge in [0.05, 0.1) is 0 Å². The van der Waals surface area contributed by atoms with E-state index in [0.29, 0.717) is 24.6 Å². The Morgan fingerprint density at radius 2 is 1.50 bits per heavy atom. The van der Waals surface area contributed by atoms with E-state index in [2.05, 4.69) is 0 Å². The first-order chi connectivity index (χ1) is 10.6. The van der Waals surface area contributed by atoms with Crippen molar-refractivity contribution < 1.29 is 14.7 Å². The highest BCUT2D eigenvalue weighted by atomic mass is 16.3. The van der Waals surface area contributed by atoms with Gasteiger partial charge in [-0.2, -0.15) is 0 Å². The van der Waals surface area contributed by atoms with Crippen molar-refractivity contribution >= 4 is 11.7 Å². The van der Waals surface area contributed by atoms with Gasteiger partial charge < -0.3 is 10.0 Å². The minimum Gasteiger partial charge on any atom is -0.508 e. The van der Waals surface area contributed by atoms with Crippen molar-refractivity contribution in [3.63, 3.8) is 0 Å². The minimum absolute atomic E-state index is 0.00262. The second-order valence-corrected chi connectivity index (χ2v) is 6.49. The van der Waals surface area contributed by atoms with E-state index < -0.39 is 0 Å². The van der Waals surface area contributed by atoms with Crippen molar-refractivity contribution in [2.75, 3.05) is 13.1 Å². The maximum absolute atomic E-state index is 12.5. The molecule has 22 heavy (non-hydrogen) atoms. The Morgan fingerprint density at radius 1 is 0.909 bits per heavy atom. The van der Waals surface area contributed by atoms with E-state index in [9.17, 15) is 14.7 Å². The van der Waals surface area contributed by atoms with Crippen LogP contribution in [0.1, 0.15) is 48.9 Å². The largest absolute Gasteiger partial charge is 0.508 e. The van der Waals surface area contributed by atoms with Gasteiger partial charge in [0, 0.05) is 30.5 Å². The van der Waals surface area contributed by atoms with Crippen LogP contribution in [0.25, 0.3) is 0 Å². The SMILES string of the molecule is O=C(c1ccc(O)cc1)C1CCN(C(=O)C2CCCC2)CC1. The van der Waals surface area contributed by atoms with Gasteiger partial charge in [0.15, 0.2) is 5.78 Å². The zero-order valence-electron chi connectivity index (χ0n) is 12.8. The molecule has 1 saturated carbocycles. The van der Waals surface area contributed by atoms with E-state index in [4.69, 9.17) is 0 Å². The lowest BCUT2D eigenvalue weighted by Gasteiger charge is -2.33. The standard InChI is InChI=1S/C18H23NO3/c20-16-7-5-13(6-8-16)17(21)14-9-11-19(12-10-14)18(22)15-3-1-2-4-15/h5-8,14-15,20H,1-4,9-12H2. The Morgan fingerprint density at radius 3 is 2.09 bits per heavy atom. The summed E-state index contributed by atoms with van der Waals surface area (Å²) in [4.78, 5) is 26.8. The number of carbonyl (C=O) groups is 2. The molecule has 1 saturated heterocycles. The fourth-order valence-electron chi connectivity index (χ4n) is 3.65. The number of aromatic hydroxyl groups is 1. The first-order valence-electron chi connectivity index (χ1n) is 8.27. The number of phenolic OH excluding ortho intramolecular Hbond substituents is 1. The van der Waals surface area contributed by atoms with E-state index in [1.54, 1.807) is 24.3 Å². The molecule has 4 nitrogen and oxygen atoms in total. The summed E-state index contributed by atoms with van der Waals surface area (Å²) >= 11 is 0. The maximum atomic E-state index is 12.5. The number of amides is 1. The van der Waals surface area contributed by atoms with Gasteiger partial charge in [-0.3, -0.25) is 9.59 Å². The lowest BCUT2D eigenvalue weighted by atomic mass is 9.88. The zero-order chi connectivity index (χ0) is 15.5. The molecule has 0 atom stereocenters.